The molecule has 1 aromatic carbocycles. The van der Waals surface area contributed by atoms with Crippen LogP contribution in [0, 0.1) is 0 Å². The van der Waals surface area contributed by atoms with Gasteiger partial charge in [-0.2, -0.15) is 0 Å². The molecule has 10 heteroatoms. The monoisotopic (exact) mass is 440 g/mol. The molecule has 0 aliphatic carbocycles. The van der Waals surface area contributed by atoms with Crippen LogP contribution in [0.5, 0.6) is 0 Å². The van der Waals surface area contributed by atoms with Gasteiger partial charge in [-0.3, -0.25) is 4.90 Å². The van der Waals surface area contributed by atoms with E-state index in [-0.39, 0.29) is 18.6 Å². The minimum Gasteiger partial charge on any atom is -0.465 e. The van der Waals surface area contributed by atoms with E-state index in [4.69, 9.17) is 14.7 Å². The predicted octanol–water partition coefficient (Wildman–Crippen LogP) is 3.07. The fourth-order valence-electron chi connectivity index (χ4n) is 4.20. The number of rotatable bonds is 5. The van der Waals surface area contributed by atoms with Crippen molar-refractivity contribution in [3.63, 3.8) is 0 Å². The Morgan fingerprint density at radius 2 is 1.88 bits per heavy atom. The van der Waals surface area contributed by atoms with Gasteiger partial charge in [-0.05, 0) is 37.6 Å². The molecule has 0 spiro atoms. The molecule has 0 saturated carbocycles. The fourth-order valence-corrected chi connectivity index (χ4v) is 4.20. The molecule has 1 fully saturated rings. The molecule has 3 heterocycles. The number of carbonyl (C=O) groups is 2. The summed E-state index contributed by atoms with van der Waals surface area (Å²) in [7, 11) is 0. The first-order valence-electron chi connectivity index (χ1n) is 10.9. The van der Waals surface area contributed by atoms with Gasteiger partial charge >= 0.3 is 12.1 Å². The molecule has 3 amide bonds. The molecule has 2 aliphatic heterocycles. The van der Waals surface area contributed by atoms with Crippen molar-refractivity contribution in [2.75, 3.05) is 43.1 Å². The molecule has 2 aliphatic rings. The number of ether oxygens (including phenoxy) is 1. The van der Waals surface area contributed by atoms with Crippen molar-refractivity contribution < 1.29 is 19.4 Å². The molecular formula is C22H28N6O4. The third kappa shape index (κ3) is 4.31. The number of nitrogens with one attached hydrogen (secondary N) is 2. The average Bonchev–Trinajstić information content (AvgIpc) is 3.19. The Bertz CT molecular complexity index is 991. The zero-order valence-electron chi connectivity index (χ0n) is 18.3. The van der Waals surface area contributed by atoms with Crippen LogP contribution < -0.4 is 15.5 Å². The van der Waals surface area contributed by atoms with E-state index in [1.807, 2.05) is 26.0 Å². The van der Waals surface area contributed by atoms with Crippen LogP contribution in [-0.2, 0) is 11.3 Å². The lowest BCUT2D eigenvalue weighted by atomic mass is 10.1. The van der Waals surface area contributed by atoms with Gasteiger partial charge in [0, 0.05) is 36.4 Å². The van der Waals surface area contributed by atoms with E-state index in [1.54, 1.807) is 12.1 Å². The van der Waals surface area contributed by atoms with Crippen LogP contribution in [-0.4, -0.2) is 64.9 Å². The van der Waals surface area contributed by atoms with Crippen LogP contribution in [0.2, 0.25) is 0 Å². The highest BCUT2D eigenvalue weighted by Gasteiger charge is 2.38. The minimum atomic E-state index is -0.954. The van der Waals surface area contributed by atoms with E-state index in [1.165, 1.54) is 4.90 Å². The summed E-state index contributed by atoms with van der Waals surface area (Å²) >= 11 is 0. The van der Waals surface area contributed by atoms with Crippen LogP contribution in [0.1, 0.15) is 37.6 Å². The molecule has 170 valence electrons. The summed E-state index contributed by atoms with van der Waals surface area (Å²) in [6.45, 7) is 7.23. The van der Waals surface area contributed by atoms with Crippen LogP contribution in [0.25, 0.3) is 11.4 Å². The number of carbonyl (C=O) groups excluding carboxylic acids is 1. The smallest absolute Gasteiger partial charge is 0.408 e. The molecule has 10 nitrogen and oxygen atoms in total. The Balaban J connectivity index is 1.71. The van der Waals surface area contributed by atoms with Crippen LogP contribution in [0.4, 0.5) is 21.1 Å². The first-order chi connectivity index (χ1) is 15.5. The maximum atomic E-state index is 11.9. The van der Waals surface area contributed by atoms with E-state index in [0.29, 0.717) is 50.8 Å². The second-order valence-electron chi connectivity index (χ2n) is 7.73. The SMILES string of the molecule is CCNC(=O)Nc1ccc(-c2nc3c(c(N4CCOCC4)n2)C(CC)N(C(=O)O)C3)cc1. The first-order valence-corrected chi connectivity index (χ1v) is 10.9. The second-order valence-corrected chi connectivity index (χ2v) is 7.73. The van der Waals surface area contributed by atoms with Gasteiger partial charge < -0.3 is 25.4 Å². The Morgan fingerprint density at radius 3 is 2.50 bits per heavy atom. The normalized spacial score (nSPS) is 17.8. The van der Waals surface area contributed by atoms with Crippen molar-refractivity contribution in [3.8, 4) is 11.4 Å². The highest BCUT2D eigenvalue weighted by molar-refractivity contribution is 5.89. The first kappa shape index (κ1) is 21.8. The summed E-state index contributed by atoms with van der Waals surface area (Å²) < 4.78 is 5.50. The van der Waals surface area contributed by atoms with Crippen LogP contribution >= 0.6 is 0 Å². The van der Waals surface area contributed by atoms with E-state index in [0.717, 1.165) is 22.6 Å². The zero-order chi connectivity index (χ0) is 22.7. The summed E-state index contributed by atoms with van der Waals surface area (Å²) in [4.78, 5) is 36.8. The maximum Gasteiger partial charge on any atom is 0.408 e. The highest BCUT2D eigenvalue weighted by Crippen LogP contribution is 2.41. The van der Waals surface area contributed by atoms with Gasteiger partial charge in [0.2, 0.25) is 0 Å². The average molecular weight is 441 g/mol. The summed E-state index contributed by atoms with van der Waals surface area (Å²) in [5.41, 5.74) is 3.10. The minimum absolute atomic E-state index is 0.243. The van der Waals surface area contributed by atoms with Gasteiger partial charge in [0.25, 0.3) is 0 Å². The number of morpholine rings is 1. The topological polar surface area (TPSA) is 120 Å². The molecule has 3 N–H and O–H groups in total. The lowest BCUT2D eigenvalue weighted by Gasteiger charge is -2.31. The third-order valence-electron chi connectivity index (χ3n) is 5.72. The summed E-state index contributed by atoms with van der Waals surface area (Å²) in [5.74, 6) is 1.32. The largest absolute Gasteiger partial charge is 0.465 e. The van der Waals surface area contributed by atoms with Crippen molar-refractivity contribution in [1.82, 2.24) is 20.2 Å². The Kier molecular flexibility index (Phi) is 6.40. The van der Waals surface area contributed by atoms with Gasteiger partial charge in [-0.1, -0.05) is 6.92 Å². The number of hydrogen-bond donors (Lipinski definition) is 3. The van der Waals surface area contributed by atoms with Crippen molar-refractivity contribution in [1.29, 1.82) is 0 Å². The summed E-state index contributed by atoms with van der Waals surface area (Å²) in [6, 6.07) is 6.78. The molecule has 1 saturated heterocycles. The number of anilines is 2. The molecular weight excluding hydrogens is 412 g/mol. The van der Waals surface area contributed by atoms with Gasteiger partial charge in [-0.25, -0.2) is 19.6 Å². The van der Waals surface area contributed by atoms with E-state index in [9.17, 15) is 14.7 Å². The Hall–Kier alpha value is -3.40. The number of amides is 3. The number of aromatic nitrogens is 2. The molecule has 0 bridgehead atoms. The number of hydrogen-bond acceptors (Lipinski definition) is 6. The predicted molar refractivity (Wildman–Crippen MR) is 120 cm³/mol. The van der Waals surface area contributed by atoms with Crippen LogP contribution in [0.3, 0.4) is 0 Å². The van der Waals surface area contributed by atoms with Gasteiger partial charge in [0.05, 0.1) is 31.5 Å². The lowest BCUT2D eigenvalue weighted by molar-refractivity contribution is 0.121. The molecule has 0 radical (unpaired) electrons. The number of fused-ring (bicyclic) bond motifs is 1. The zero-order valence-corrected chi connectivity index (χ0v) is 18.3. The van der Waals surface area contributed by atoms with E-state index >= 15 is 0 Å². The van der Waals surface area contributed by atoms with Crippen molar-refractivity contribution in [2.45, 2.75) is 32.9 Å². The molecule has 2 aromatic rings. The molecule has 1 aromatic heterocycles. The molecule has 32 heavy (non-hydrogen) atoms. The molecule has 1 unspecified atom stereocenters. The third-order valence-corrected chi connectivity index (χ3v) is 5.72. The maximum absolute atomic E-state index is 11.9. The lowest BCUT2D eigenvalue weighted by Crippen LogP contribution is -2.38. The Morgan fingerprint density at radius 1 is 1.16 bits per heavy atom. The number of nitrogens with zero attached hydrogens (tertiary/aromatic N) is 4. The quantitative estimate of drug-likeness (QED) is 0.653. The number of carboxylic acid groups (broad SMARTS) is 1. The fraction of sp³-hybridized carbons (Fsp3) is 0.455. The standard InChI is InChI=1S/C22H28N6O4/c1-3-17-18-16(13-28(17)22(30)31)25-19(26-20(18)27-9-11-32-12-10-27)14-5-7-15(8-6-14)24-21(29)23-4-2/h5-8,17H,3-4,9-13H2,1-2H3,(H,30,31)(H2,23,24,29). The van der Waals surface area contributed by atoms with Crippen molar-refractivity contribution in [2.24, 2.45) is 0 Å². The van der Waals surface area contributed by atoms with Crippen LogP contribution in [0.15, 0.2) is 24.3 Å². The second kappa shape index (κ2) is 9.39. The van der Waals surface area contributed by atoms with Gasteiger partial charge in [-0.15, -0.1) is 0 Å². The van der Waals surface area contributed by atoms with Gasteiger partial charge in [0.15, 0.2) is 5.82 Å². The summed E-state index contributed by atoms with van der Waals surface area (Å²) in [6.07, 6.45) is -0.301. The summed E-state index contributed by atoms with van der Waals surface area (Å²) in [5, 5.41) is 15.2. The van der Waals surface area contributed by atoms with E-state index in [2.05, 4.69) is 15.5 Å². The van der Waals surface area contributed by atoms with Crippen molar-refractivity contribution >= 4 is 23.6 Å². The number of urea groups is 1. The highest BCUT2D eigenvalue weighted by atomic mass is 16.5. The van der Waals surface area contributed by atoms with Crippen molar-refractivity contribution in [3.05, 3.63) is 35.5 Å². The van der Waals surface area contributed by atoms with Gasteiger partial charge in [0.1, 0.15) is 5.82 Å². The number of benzene rings is 1. The Labute approximate surface area is 186 Å². The molecule has 1 atom stereocenters. The van der Waals surface area contributed by atoms with E-state index < -0.39 is 6.09 Å². The molecule has 4 rings (SSSR count).